The number of hydrogen-bond acceptors (Lipinski definition) is 7. The highest BCUT2D eigenvalue weighted by atomic mass is 19.1. The number of nitrogens with one attached hydrogen (secondary N) is 2. The SMILES string of the molecule is NN/N=C(\N)c1cc(C(=O)NCCN2CCCCC2)nc(-c2ccc(Oc3ccc(F)cc3)cc2)c1. The number of carbonyl (C=O) groups is 1. The van der Waals surface area contributed by atoms with Crippen LogP contribution in [0.4, 0.5) is 4.39 Å². The summed E-state index contributed by atoms with van der Waals surface area (Å²) < 4.78 is 18.9. The molecule has 9 nitrogen and oxygen atoms in total. The molecule has 2 heterocycles. The fourth-order valence-electron chi connectivity index (χ4n) is 4.01. The lowest BCUT2D eigenvalue weighted by Crippen LogP contribution is -2.38. The van der Waals surface area contributed by atoms with E-state index in [1.54, 1.807) is 36.4 Å². The summed E-state index contributed by atoms with van der Waals surface area (Å²) in [5.74, 6) is 5.88. The fraction of sp³-hybridized carbons (Fsp3) is 0.269. The number of carbonyl (C=O) groups excluding carboxylic acids is 1. The molecule has 1 fully saturated rings. The standard InChI is InChI=1S/C26H30FN7O2/c27-20-6-10-22(11-7-20)36-21-8-4-18(5-9-21)23-16-19(25(28)32-33-29)17-24(31-23)26(35)30-12-15-34-13-2-1-3-14-34/h4-11,16-17,33H,1-3,12-15,29H2,(H2,28,32)(H,30,35). The van der Waals surface area contributed by atoms with E-state index in [4.69, 9.17) is 16.3 Å². The third-order valence-corrected chi connectivity index (χ3v) is 5.90. The van der Waals surface area contributed by atoms with Crippen molar-refractivity contribution < 1.29 is 13.9 Å². The predicted molar refractivity (Wildman–Crippen MR) is 137 cm³/mol. The molecule has 2 aromatic carbocycles. The summed E-state index contributed by atoms with van der Waals surface area (Å²) in [6.07, 6.45) is 3.66. The Morgan fingerprint density at radius 3 is 2.36 bits per heavy atom. The molecule has 0 radical (unpaired) electrons. The van der Waals surface area contributed by atoms with E-state index in [0.717, 1.165) is 25.2 Å². The topological polar surface area (TPSA) is 131 Å². The number of halogens is 1. The monoisotopic (exact) mass is 491 g/mol. The van der Waals surface area contributed by atoms with Crippen molar-refractivity contribution in [3.8, 4) is 22.8 Å². The van der Waals surface area contributed by atoms with E-state index in [0.29, 0.717) is 29.3 Å². The van der Waals surface area contributed by atoms with Gasteiger partial charge in [-0.05, 0) is 86.6 Å². The third-order valence-electron chi connectivity index (χ3n) is 5.90. The van der Waals surface area contributed by atoms with Crippen molar-refractivity contribution >= 4 is 11.7 Å². The smallest absolute Gasteiger partial charge is 0.269 e. The van der Waals surface area contributed by atoms with Crippen LogP contribution in [0.5, 0.6) is 11.5 Å². The first-order valence-electron chi connectivity index (χ1n) is 11.9. The first-order valence-corrected chi connectivity index (χ1v) is 11.9. The van der Waals surface area contributed by atoms with Crippen molar-refractivity contribution in [2.75, 3.05) is 26.2 Å². The molecule has 0 saturated carbocycles. The Kier molecular flexibility index (Phi) is 8.43. The normalized spacial score (nSPS) is 14.3. The number of rotatable bonds is 9. The van der Waals surface area contributed by atoms with Crippen molar-refractivity contribution in [1.82, 2.24) is 20.7 Å². The van der Waals surface area contributed by atoms with Crippen LogP contribution in [-0.2, 0) is 0 Å². The summed E-state index contributed by atoms with van der Waals surface area (Å²) in [6.45, 7) is 3.46. The van der Waals surface area contributed by atoms with Gasteiger partial charge in [0.15, 0.2) is 5.84 Å². The van der Waals surface area contributed by atoms with E-state index >= 15 is 0 Å². The molecule has 1 saturated heterocycles. The number of amidine groups is 1. The molecule has 3 aromatic rings. The molecular formula is C26H30FN7O2. The molecule has 1 aliphatic heterocycles. The van der Waals surface area contributed by atoms with Crippen LogP contribution < -0.4 is 27.2 Å². The van der Waals surface area contributed by atoms with Crippen LogP contribution in [0.15, 0.2) is 65.8 Å². The lowest BCUT2D eigenvalue weighted by atomic mass is 10.1. The average Bonchev–Trinajstić information content (AvgIpc) is 2.91. The summed E-state index contributed by atoms with van der Waals surface area (Å²) in [6, 6.07) is 16.3. The lowest BCUT2D eigenvalue weighted by molar-refractivity contribution is 0.0941. The Balaban J connectivity index is 1.51. The zero-order valence-electron chi connectivity index (χ0n) is 19.9. The number of aromatic nitrogens is 1. The number of nitrogens with two attached hydrogens (primary N) is 2. The number of likely N-dealkylation sites (tertiary alicyclic amines) is 1. The van der Waals surface area contributed by atoms with E-state index < -0.39 is 0 Å². The number of ether oxygens (including phenoxy) is 1. The molecule has 0 spiro atoms. The molecule has 0 atom stereocenters. The van der Waals surface area contributed by atoms with Crippen LogP contribution in [0, 0.1) is 5.82 Å². The van der Waals surface area contributed by atoms with Gasteiger partial charge in [-0.2, -0.15) is 0 Å². The molecule has 0 aliphatic carbocycles. The predicted octanol–water partition coefficient (Wildman–Crippen LogP) is 2.98. The van der Waals surface area contributed by atoms with Crippen molar-refractivity contribution in [2.24, 2.45) is 16.7 Å². The summed E-state index contributed by atoms with van der Waals surface area (Å²) in [5, 5.41) is 6.78. The first kappa shape index (κ1) is 25.1. The van der Waals surface area contributed by atoms with Crippen LogP contribution in [0.2, 0.25) is 0 Å². The third kappa shape index (κ3) is 6.77. The Hall–Kier alpha value is -4.02. The largest absolute Gasteiger partial charge is 0.457 e. The van der Waals surface area contributed by atoms with Gasteiger partial charge in [0, 0.05) is 24.2 Å². The molecule has 0 unspecified atom stereocenters. The van der Waals surface area contributed by atoms with Crippen molar-refractivity contribution in [1.29, 1.82) is 0 Å². The highest BCUT2D eigenvalue weighted by Gasteiger charge is 2.15. The van der Waals surface area contributed by atoms with Gasteiger partial charge in [-0.25, -0.2) is 20.8 Å². The molecule has 36 heavy (non-hydrogen) atoms. The molecule has 1 amide bonds. The summed E-state index contributed by atoms with van der Waals surface area (Å²) >= 11 is 0. The molecule has 1 aliphatic rings. The molecule has 188 valence electrons. The number of hydrogen-bond donors (Lipinski definition) is 4. The minimum Gasteiger partial charge on any atom is -0.457 e. The second-order valence-corrected chi connectivity index (χ2v) is 8.49. The van der Waals surface area contributed by atoms with Gasteiger partial charge in [-0.3, -0.25) is 4.79 Å². The van der Waals surface area contributed by atoms with Crippen molar-refractivity contribution in [3.05, 3.63) is 77.7 Å². The second kappa shape index (κ2) is 12.1. The Bertz CT molecular complexity index is 1190. The quantitative estimate of drug-likeness (QED) is 0.157. The molecular weight excluding hydrogens is 461 g/mol. The summed E-state index contributed by atoms with van der Waals surface area (Å²) in [4.78, 5) is 19.8. The first-order chi connectivity index (χ1) is 17.5. The minimum atomic E-state index is -0.331. The maximum Gasteiger partial charge on any atom is 0.269 e. The van der Waals surface area contributed by atoms with E-state index in [1.807, 2.05) is 12.1 Å². The zero-order chi connectivity index (χ0) is 25.3. The number of hydrazone groups is 1. The number of pyridine rings is 1. The number of amides is 1. The number of nitrogens with zero attached hydrogens (tertiary/aromatic N) is 3. The van der Waals surface area contributed by atoms with Gasteiger partial charge in [-0.1, -0.05) is 6.42 Å². The van der Waals surface area contributed by atoms with E-state index in [2.05, 4.69) is 25.8 Å². The van der Waals surface area contributed by atoms with Gasteiger partial charge >= 0.3 is 0 Å². The summed E-state index contributed by atoms with van der Waals surface area (Å²) in [5.41, 5.74) is 10.2. The molecule has 1 aromatic heterocycles. The lowest BCUT2D eigenvalue weighted by Gasteiger charge is -2.26. The summed E-state index contributed by atoms with van der Waals surface area (Å²) in [7, 11) is 0. The van der Waals surface area contributed by atoms with Crippen molar-refractivity contribution in [3.63, 3.8) is 0 Å². The highest BCUT2D eigenvalue weighted by Crippen LogP contribution is 2.26. The van der Waals surface area contributed by atoms with Crippen LogP contribution in [0.3, 0.4) is 0 Å². The van der Waals surface area contributed by atoms with Crippen LogP contribution in [0.25, 0.3) is 11.3 Å². The Morgan fingerprint density at radius 2 is 1.69 bits per heavy atom. The Morgan fingerprint density at radius 1 is 1.03 bits per heavy atom. The second-order valence-electron chi connectivity index (χ2n) is 8.49. The van der Waals surface area contributed by atoms with Crippen LogP contribution in [0.1, 0.15) is 35.3 Å². The average molecular weight is 492 g/mol. The fourth-order valence-corrected chi connectivity index (χ4v) is 4.01. The van der Waals surface area contributed by atoms with Gasteiger partial charge in [0.2, 0.25) is 0 Å². The van der Waals surface area contributed by atoms with Gasteiger partial charge in [0.05, 0.1) is 5.69 Å². The molecule has 6 N–H and O–H groups in total. The van der Waals surface area contributed by atoms with Crippen LogP contribution >= 0.6 is 0 Å². The molecule has 10 heteroatoms. The number of hydrazine groups is 1. The number of piperidine rings is 1. The van der Waals surface area contributed by atoms with Crippen LogP contribution in [-0.4, -0.2) is 47.8 Å². The van der Waals surface area contributed by atoms with E-state index in [9.17, 15) is 9.18 Å². The van der Waals surface area contributed by atoms with Gasteiger partial charge in [-0.15, -0.1) is 5.10 Å². The maximum absolute atomic E-state index is 13.1. The molecule has 0 bridgehead atoms. The number of benzene rings is 2. The van der Waals surface area contributed by atoms with Gasteiger partial charge < -0.3 is 20.7 Å². The molecule has 4 rings (SSSR count). The Labute approximate surface area is 209 Å². The minimum absolute atomic E-state index is 0.125. The van der Waals surface area contributed by atoms with Gasteiger partial charge in [0.1, 0.15) is 23.0 Å². The zero-order valence-corrected chi connectivity index (χ0v) is 19.9. The highest BCUT2D eigenvalue weighted by molar-refractivity contribution is 6.01. The maximum atomic E-state index is 13.1. The van der Waals surface area contributed by atoms with E-state index in [1.165, 1.54) is 31.4 Å². The van der Waals surface area contributed by atoms with Crippen molar-refractivity contribution in [2.45, 2.75) is 19.3 Å². The van der Waals surface area contributed by atoms with Gasteiger partial charge in [0.25, 0.3) is 5.91 Å². The van der Waals surface area contributed by atoms with E-state index in [-0.39, 0.29) is 23.3 Å².